The largest absolute Gasteiger partial charge is 0.352 e. The average Bonchev–Trinajstić information content (AvgIpc) is 3.01. The first kappa shape index (κ1) is 10.9. The number of epoxide rings is 1. The number of fused-ring (bicyclic) bond motifs is 1. The van der Waals surface area contributed by atoms with Crippen molar-refractivity contribution >= 4 is 0 Å². The zero-order chi connectivity index (χ0) is 11.6. The summed E-state index contributed by atoms with van der Waals surface area (Å²) in [5.74, 6) is 6.65. The van der Waals surface area contributed by atoms with E-state index in [-0.39, 0.29) is 5.60 Å². The van der Waals surface area contributed by atoms with E-state index in [9.17, 15) is 0 Å². The molecule has 3 rings (SSSR count). The lowest BCUT2D eigenvalue weighted by atomic mass is 9.91. The maximum atomic E-state index is 5.87. The minimum Gasteiger partial charge on any atom is -0.352 e. The third-order valence-electron chi connectivity index (χ3n) is 3.77. The van der Waals surface area contributed by atoms with Crippen LogP contribution in [0, 0.1) is 11.8 Å². The summed E-state index contributed by atoms with van der Waals surface area (Å²) in [6.07, 6.45) is 8.01. The van der Waals surface area contributed by atoms with Crippen molar-refractivity contribution in [3.63, 3.8) is 0 Å². The number of hydrogen-bond donors (Lipinski definition) is 0. The SMILES string of the molecule is C(#C[C@]12CCCCCC[C@H]1O2)c1ccccc1. The van der Waals surface area contributed by atoms with E-state index in [1.54, 1.807) is 0 Å². The minimum atomic E-state index is -0.0870. The van der Waals surface area contributed by atoms with Crippen molar-refractivity contribution in [3.8, 4) is 11.8 Å². The highest BCUT2D eigenvalue weighted by Gasteiger charge is 2.54. The lowest BCUT2D eigenvalue weighted by Gasteiger charge is -2.09. The lowest BCUT2D eigenvalue weighted by molar-refractivity contribution is 0.322. The fourth-order valence-corrected chi connectivity index (χ4v) is 2.67. The van der Waals surface area contributed by atoms with Crippen molar-refractivity contribution in [2.75, 3.05) is 0 Å². The van der Waals surface area contributed by atoms with Crippen LogP contribution in [-0.2, 0) is 4.74 Å². The Hall–Kier alpha value is -1.26. The molecular weight excluding hydrogens is 208 g/mol. The van der Waals surface area contributed by atoms with Crippen LogP contribution in [0.15, 0.2) is 30.3 Å². The molecule has 1 nitrogen and oxygen atoms in total. The molecule has 1 saturated heterocycles. The molecule has 1 aromatic carbocycles. The highest BCUT2D eigenvalue weighted by atomic mass is 16.6. The summed E-state index contributed by atoms with van der Waals surface area (Å²) in [4.78, 5) is 0. The quantitative estimate of drug-likeness (QED) is 0.487. The van der Waals surface area contributed by atoms with E-state index in [1.165, 1.54) is 32.1 Å². The summed E-state index contributed by atoms with van der Waals surface area (Å²) in [6, 6.07) is 10.2. The standard InChI is InChI=1S/C16H18O/c1-2-7-12-16(15(17-16)10-6-1)13-11-14-8-4-3-5-9-14/h3-5,8-9,15H,1-2,6-7,10,12H2/t15-,16-/m1/s1. The van der Waals surface area contributed by atoms with Crippen LogP contribution in [0.1, 0.15) is 44.1 Å². The van der Waals surface area contributed by atoms with Gasteiger partial charge in [-0.15, -0.1) is 0 Å². The number of hydrogen-bond acceptors (Lipinski definition) is 1. The monoisotopic (exact) mass is 226 g/mol. The molecule has 0 N–H and O–H groups in total. The maximum Gasteiger partial charge on any atom is 0.155 e. The zero-order valence-electron chi connectivity index (χ0n) is 10.1. The summed E-state index contributed by atoms with van der Waals surface area (Å²) in [7, 11) is 0. The molecular formula is C16H18O. The molecule has 0 bridgehead atoms. The maximum absolute atomic E-state index is 5.87. The molecule has 1 heterocycles. The average molecular weight is 226 g/mol. The second-order valence-electron chi connectivity index (χ2n) is 5.06. The van der Waals surface area contributed by atoms with Gasteiger partial charge in [-0.1, -0.05) is 49.3 Å². The van der Waals surface area contributed by atoms with E-state index in [4.69, 9.17) is 4.74 Å². The van der Waals surface area contributed by atoms with E-state index in [0.29, 0.717) is 6.10 Å². The molecule has 1 aliphatic carbocycles. The Kier molecular flexibility index (Phi) is 2.91. The van der Waals surface area contributed by atoms with Gasteiger partial charge in [0.2, 0.25) is 0 Å². The van der Waals surface area contributed by atoms with Crippen molar-refractivity contribution in [3.05, 3.63) is 35.9 Å². The smallest absolute Gasteiger partial charge is 0.155 e. The topological polar surface area (TPSA) is 12.5 Å². The molecule has 1 aliphatic heterocycles. The Morgan fingerprint density at radius 2 is 1.88 bits per heavy atom. The van der Waals surface area contributed by atoms with Crippen LogP contribution in [0.5, 0.6) is 0 Å². The van der Waals surface area contributed by atoms with Crippen LogP contribution in [0.3, 0.4) is 0 Å². The lowest BCUT2D eigenvalue weighted by Crippen LogP contribution is -2.14. The van der Waals surface area contributed by atoms with Gasteiger partial charge in [-0.2, -0.15) is 0 Å². The first-order valence-corrected chi connectivity index (χ1v) is 6.65. The molecule has 2 aliphatic rings. The molecule has 1 heteroatoms. The highest BCUT2D eigenvalue weighted by Crippen LogP contribution is 2.45. The molecule has 1 saturated carbocycles. The summed E-state index contributed by atoms with van der Waals surface area (Å²) in [5.41, 5.74) is 1.01. The zero-order valence-corrected chi connectivity index (χ0v) is 10.1. The molecule has 17 heavy (non-hydrogen) atoms. The van der Waals surface area contributed by atoms with Gasteiger partial charge in [-0.25, -0.2) is 0 Å². The Balaban J connectivity index is 1.74. The molecule has 0 unspecified atom stereocenters. The summed E-state index contributed by atoms with van der Waals surface area (Å²) >= 11 is 0. The second kappa shape index (κ2) is 4.55. The summed E-state index contributed by atoms with van der Waals surface area (Å²) < 4.78 is 5.87. The van der Waals surface area contributed by atoms with E-state index in [2.05, 4.69) is 24.0 Å². The first-order valence-electron chi connectivity index (χ1n) is 6.65. The van der Waals surface area contributed by atoms with Gasteiger partial charge in [-0.05, 0) is 31.4 Å². The molecule has 0 spiro atoms. The van der Waals surface area contributed by atoms with Gasteiger partial charge in [0.15, 0.2) is 5.60 Å². The molecule has 2 atom stereocenters. The summed E-state index contributed by atoms with van der Waals surface area (Å²) in [5, 5.41) is 0. The predicted molar refractivity (Wildman–Crippen MR) is 68.6 cm³/mol. The molecule has 2 fully saturated rings. The predicted octanol–water partition coefficient (Wildman–Crippen LogP) is 3.53. The van der Waals surface area contributed by atoms with Crippen molar-refractivity contribution in [1.82, 2.24) is 0 Å². The highest BCUT2D eigenvalue weighted by molar-refractivity contribution is 5.38. The number of rotatable bonds is 0. The van der Waals surface area contributed by atoms with Crippen LogP contribution < -0.4 is 0 Å². The van der Waals surface area contributed by atoms with Crippen molar-refractivity contribution < 1.29 is 4.74 Å². The van der Waals surface area contributed by atoms with Crippen molar-refractivity contribution in [2.45, 2.75) is 50.2 Å². The fourth-order valence-electron chi connectivity index (χ4n) is 2.67. The van der Waals surface area contributed by atoms with E-state index in [0.717, 1.165) is 12.0 Å². The van der Waals surface area contributed by atoms with Gasteiger partial charge in [0.05, 0.1) is 6.10 Å². The third kappa shape index (κ3) is 2.37. The molecule has 0 amide bonds. The molecule has 0 aromatic heterocycles. The molecule has 1 aromatic rings. The Labute approximate surface area is 103 Å². The van der Waals surface area contributed by atoms with E-state index in [1.807, 2.05) is 18.2 Å². The minimum absolute atomic E-state index is 0.0870. The van der Waals surface area contributed by atoms with Gasteiger partial charge in [-0.3, -0.25) is 0 Å². The Bertz CT molecular complexity index is 440. The Morgan fingerprint density at radius 3 is 2.76 bits per heavy atom. The number of benzene rings is 1. The summed E-state index contributed by atoms with van der Waals surface area (Å²) in [6.45, 7) is 0. The normalized spacial score (nSPS) is 31.4. The third-order valence-corrected chi connectivity index (χ3v) is 3.77. The Morgan fingerprint density at radius 1 is 1.06 bits per heavy atom. The molecule has 88 valence electrons. The van der Waals surface area contributed by atoms with Gasteiger partial charge < -0.3 is 4.74 Å². The fraction of sp³-hybridized carbons (Fsp3) is 0.500. The van der Waals surface area contributed by atoms with Crippen LogP contribution in [0.4, 0.5) is 0 Å². The van der Waals surface area contributed by atoms with E-state index >= 15 is 0 Å². The van der Waals surface area contributed by atoms with Crippen LogP contribution in [0.2, 0.25) is 0 Å². The van der Waals surface area contributed by atoms with Gasteiger partial charge >= 0.3 is 0 Å². The number of ether oxygens (including phenoxy) is 1. The molecule has 0 radical (unpaired) electrons. The first-order chi connectivity index (χ1) is 8.39. The van der Waals surface area contributed by atoms with Gasteiger partial charge in [0, 0.05) is 5.56 Å². The van der Waals surface area contributed by atoms with Gasteiger partial charge in [0.1, 0.15) is 0 Å². The van der Waals surface area contributed by atoms with Crippen LogP contribution >= 0.6 is 0 Å². The van der Waals surface area contributed by atoms with Crippen molar-refractivity contribution in [1.29, 1.82) is 0 Å². The van der Waals surface area contributed by atoms with Gasteiger partial charge in [0.25, 0.3) is 0 Å². The second-order valence-corrected chi connectivity index (χ2v) is 5.06. The van der Waals surface area contributed by atoms with E-state index < -0.39 is 0 Å². The van der Waals surface area contributed by atoms with Crippen LogP contribution in [0.25, 0.3) is 0 Å². The van der Waals surface area contributed by atoms with Crippen LogP contribution in [-0.4, -0.2) is 11.7 Å². The van der Waals surface area contributed by atoms with Crippen molar-refractivity contribution in [2.24, 2.45) is 0 Å².